The van der Waals surface area contributed by atoms with Crippen LogP contribution < -0.4 is 10.6 Å². The van der Waals surface area contributed by atoms with Gasteiger partial charge in [-0.2, -0.15) is 26.3 Å². The van der Waals surface area contributed by atoms with E-state index in [4.69, 9.17) is 11.6 Å². The van der Waals surface area contributed by atoms with Gasteiger partial charge in [0.25, 0.3) is 0 Å². The number of carbonyl (C=O) groups is 1. The van der Waals surface area contributed by atoms with E-state index in [9.17, 15) is 31.1 Å². The Bertz CT molecular complexity index is 529. The van der Waals surface area contributed by atoms with Gasteiger partial charge in [0.15, 0.2) is 6.04 Å². The minimum Gasteiger partial charge on any atom is -0.322 e. The van der Waals surface area contributed by atoms with Crippen molar-refractivity contribution in [2.24, 2.45) is 0 Å². The average Bonchev–Trinajstić information content (AvgIpc) is 2.33. The Kier molecular flexibility index (Phi) is 5.55. The molecule has 2 unspecified atom stereocenters. The van der Waals surface area contributed by atoms with Crippen LogP contribution in [0, 0.1) is 0 Å². The minimum atomic E-state index is -4.98. The lowest BCUT2D eigenvalue weighted by molar-refractivity contribution is -0.155. The van der Waals surface area contributed by atoms with Crippen molar-refractivity contribution >= 4 is 17.6 Å². The smallest absolute Gasteiger partial charge is 0.322 e. The van der Waals surface area contributed by atoms with Crippen LogP contribution in [0.5, 0.6) is 0 Å². The number of alkyl halides is 7. The third-order valence-corrected chi connectivity index (χ3v) is 2.59. The summed E-state index contributed by atoms with van der Waals surface area (Å²) >= 11 is 5.40. The van der Waals surface area contributed by atoms with Crippen molar-refractivity contribution < 1.29 is 31.1 Å². The van der Waals surface area contributed by atoms with Crippen LogP contribution in [0.2, 0.25) is 0 Å². The fourth-order valence-electron chi connectivity index (χ4n) is 1.60. The lowest BCUT2D eigenvalue weighted by Gasteiger charge is -2.23. The topological polar surface area (TPSA) is 41.1 Å². The molecule has 0 bridgehead atoms. The van der Waals surface area contributed by atoms with Crippen LogP contribution in [0.4, 0.5) is 31.1 Å². The minimum absolute atomic E-state index is 0.336. The number of benzene rings is 1. The van der Waals surface area contributed by atoms with Gasteiger partial charge in [0.2, 0.25) is 0 Å². The molecule has 2 amide bonds. The Labute approximate surface area is 126 Å². The Morgan fingerprint density at radius 2 is 1.73 bits per heavy atom. The van der Waals surface area contributed by atoms with Crippen LogP contribution >= 0.6 is 11.6 Å². The second kappa shape index (κ2) is 6.64. The summed E-state index contributed by atoms with van der Waals surface area (Å²) in [6, 6.07) is -1.19. The monoisotopic (exact) mass is 348 g/mol. The Hall–Kier alpha value is -1.64. The van der Waals surface area contributed by atoms with Crippen molar-refractivity contribution in [1.82, 2.24) is 10.6 Å². The summed E-state index contributed by atoms with van der Waals surface area (Å²) in [5.74, 6) is 0. The van der Waals surface area contributed by atoms with Gasteiger partial charge in [0.1, 0.15) is 5.50 Å². The summed E-state index contributed by atoms with van der Waals surface area (Å²) in [7, 11) is 0. The quantitative estimate of drug-likeness (QED) is 0.480. The molecule has 0 spiro atoms. The molecule has 1 aromatic rings. The highest BCUT2D eigenvalue weighted by molar-refractivity contribution is 6.20. The van der Waals surface area contributed by atoms with Crippen LogP contribution in [0.3, 0.4) is 0 Å². The first kappa shape index (κ1) is 18.4. The molecule has 22 heavy (non-hydrogen) atoms. The predicted octanol–water partition coefficient (Wildman–Crippen LogP) is 4.19. The standard InChI is InChI=1S/C12H11ClF6N2O/c1-6(13)20-10(22)21-9(12(17,18)19)7-3-2-4-8(5-7)11(14,15)16/h2-6,9H,1H3,(H2,20,21,22). The molecule has 1 aromatic carbocycles. The zero-order chi connectivity index (χ0) is 17.1. The highest BCUT2D eigenvalue weighted by Gasteiger charge is 2.43. The van der Waals surface area contributed by atoms with Gasteiger partial charge < -0.3 is 10.6 Å². The molecule has 2 N–H and O–H groups in total. The number of hydrogen-bond donors (Lipinski definition) is 2. The number of halogens is 7. The van der Waals surface area contributed by atoms with E-state index in [1.165, 1.54) is 6.92 Å². The van der Waals surface area contributed by atoms with Gasteiger partial charge in [-0.05, 0) is 24.6 Å². The van der Waals surface area contributed by atoms with E-state index in [-0.39, 0.29) is 0 Å². The van der Waals surface area contributed by atoms with E-state index in [1.54, 1.807) is 5.32 Å². The number of urea groups is 1. The fraction of sp³-hybridized carbons (Fsp3) is 0.417. The maximum atomic E-state index is 13.0. The van der Waals surface area contributed by atoms with Crippen LogP contribution in [-0.2, 0) is 6.18 Å². The Balaban J connectivity index is 3.11. The molecule has 0 fully saturated rings. The van der Waals surface area contributed by atoms with Gasteiger partial charge in [-0.1, -0.05) is 23.7 Å². The van der Waals surface area contributed by atoms with Gasteiger partial charge in [-0.3, -0.25) is 0 Å². The van der Waals surface area contributed by atoms with E-state index >= 15 is 0 Å². The third-order valence-electron chi connectivity index (χ3n) is 2.48. The molecule has 3 nitrogen and oxygen atoms in total. The highest BCUT2D eigenvalue weighted by atomic mass is 35.5. The largest absolute Gasteiger partial charge is 0.416 e. The van der Waals surface area contributed by atoms with Crippen LogP contribution in [0.25, 0.3) is 0 Å². The zero-order valence-corrected chi connectivity index (χ0v) is 11.8. The van der Waals surface area contributed by atoms with Crippen LogP contribution in [0.15, 0.2) is 24.3 Å². The number of rotatable bonds is 3. The summed E-state index contributed by atoms with van der Waals surface area (Å²) in [4.78, 5) is 11.3. The zero-order valence-electron chi connectivity index (χ0n) is 11.0. The van der Waals surface area contributed by atoms with Gasteiger partial charge in [-0.25, -0.2) is 4.79 Å². The maximum absolute atomic E-state index is 13.0. The predicted molar refractivity (Wildman–Crippen MR) is 67.2 cm³/mol. The molecule has 0 aromatic heterocycles. The van der Waals surface area contributed by atoms with Crippen molar-refractivity contribution in [1.29, 1.82) is 0 Å². The number of amides is 2. The van der Waals surface area contributed by atoms with E-state index in [0.29, 0.717) is 12.1 Å². The molecule has 0 saturated heterocycles. The van der Waals surface area contributed by atoms with Gasteiger partial charge >= 0.3 is 18.4 Å². The molecule has 124 valence electrons. The lowest BCUT2D eigenvalue weighted by Crippen LogP contribution is -2.45. The molecule has 0 radical (unpaired) electrons. The third kappa shape index (κ3) is 5.28. The molecular weight excluding hydrogens is 338 g/mol. The van der Waals surface area contributed by atoms with E-state index in [1.807, 2.05) is 5.32 Å². The number of nitrogens with one attached hydrogen (secondary N) is 2. The molecule has 0 saturated carbocycles. The number of hydrogen-bond acceptors (Lipinski definition) is 1. The van der Waals surface area contributed by atoms with Crippen LogP contribution in [-0.4, -0.2) is 17.7 Å². The second-order valence-corrected chi connectivity index (χ2v) is 4.99. The molecular formula is C12H11ClF6N2O. The van der Waals surface area contributed by atoms with Crippen molar-refractivity contribution in [3.05, 3.63) is 35.4 Å². The van der Waals surface area contributed by atoms with Crippen molar-refractivity contribution in [3.63, 3.8) is 0 Å². The first-order valence-corrected chi connectivity index (χ1v) is 6.30. The van der Waals surface area contributed by atoms with Crippen molar-refractivity contribution in [2.45, 2.75) is 30.8 Å². The highest BCUT2D eigenvalue weighted by Crippen LogP contribution is 2.36. The van der Waals surface area contributed by atoms with E-state index in [0.717, 1.165) is 12.1 Å². The normalized spacial score (nSPS) is 15.1. The summed E-state index contributed by atoms with van der Waals surface area (Å²) in [5, 5.41) is 3.51. The summed E-state index contributed by atoms with van der Waals surface area (Å²) in [6.45, 7) is 1.30. The summed E-state index contributed by atoms with van der Waals surface area (Å²) in [5.41, 5.74) is -2.93. The fourth-order valence-corrected chi connectivity index (χ4v) is 1.70. The van der Waals surface area contributed by atoms with Crippen molar-refractivity contribution in [3.8, 4) is 0 Å². The SMILES string of the molecule is CC(Cl)NC(=O)NC(c1cccc(C(F)(F)F)c1)C(F)(F)F. The van der Waals surface area contributed by atoms with E-state index < -0.39 is 41.1 Å². The lowest BCUT2D eigenvalue weighted by atomic mass is 10.0. The molecule has 10 heteroatoms. The van der Waals surface area contributed by atoms with E-state index in [2.05, 4.69) is 0 Å². The first-order chi connectivity index (χ1) is 9.91. The van der Waals surface area contributed by atoms with Gasteiger partial charge in [-0.15, -0.1) is 0 Å². The molecule has 0 aliphatic heterocycles. The maximum Gasteiger partial charge on any atom is 0.416 e. The number of carbonyl (C=O) groups excluding carboxylic acids is 1. The van der Waals surface area contributed by atoms with Crippen molar-refractivity contribution in [2.75, 3.05) is 0 Å². The Morgan fingerprint density at radius 1 is 1.14 bits per heavy atom. The summed E-state index contributed by atoms with van der Waals surface area (Å²) in [6.07, 6.45) is -9.77. The molecule has 0 aliphatic carbocycles. The average molecular weight is 349 g/mol. The Morgan fingerprint density at radius 3 is 2.18 bits per heavy atom. The molecule has 2 atom stereocenters. The van der Waals surface area contributed by atoms with Gasteiger partial charge in [0.05, 0.1) is 5.56 Å². The second-order valence-electron chi connectivity index (χ2n) is 4.33. The summed E-state index contributed by atoms with van der Waals surface area (Å²) < 4.78 is 76.6. The molecule has 0 aliphatic rings. The van der Waals surface area contributed by atoms with Gasteiger partial charge in [0, 0.05) is 0 Å². The first-order valence-electron chi connectivity index (χ1n) is 5.86. The molecule has 1 rings (SSSR count). The van der Waals surface area contributed by atoms with Crippen LogP contribution in [0.1, 0.15) is 24.1 Å². The molecule has 0 heterocycles.